The fourth-order valence-corrected chi connectivity index (χ4v) is 2.85. The second kappa shape index (κ2) is 6.70. The molecule has 21 heavy (non-hydrogen) atoms. The molecule has 0 amide bonds. The molecule has 0 aliphatic rings. The number of fused-ring (bicyclic) bond motifs is 2. The van der Waals surface area contributed by atoms with Crippen LogP contribution in [0.3, 0.4) is 0 Å². The third-order valence-electron chi connectivity index (χ3n) is 3.69. The number of hydrogen-bond donors (Lipinski definition) is 1. The smallest absolute Gasteiger partial charge is 0.0402 e. The van der Waals surface area contributed by atoms with Gasteiger partial charge in [-0.2, -0.15) is 12.6 Å². The summed E-state index contributed by atoms with van der Waals surface area (Å²) in [5.74, 6) is 7.69. The monoisotopic (exact) mass is 290 g/mol. The molecule has 0 aromatic heterocycles. The van der Waals surface area contributed by atoms with Gasteiger partial charge in [-0.3, -0.25) is 0 Å². The van der Waals surface area contributed by atoms with Crippen molar-refractivity contribution in [1.82, 2.24) is 0 Å². The maximum Gasteiger partial charge on any atom is 0.0402 e. The van der Waals surface area contributed by atoms with Crippen LogP contribution in [0.25, 0.3) is 21.5 Å². The molecule has 0 fully saturated rings. The molecule has 0 saturated heterocycles. The summed E-state index contributed by atoms with van der Waals surface area (Å²) in [4.78, 5) is 0. The van der Waals surface area contributed by atoms with Crippen molar-refractivity contribution in [2.24, 2.45) is 0 Å². The van der Waals surface area contributed by atoms with E-state index in [0.717, 1.165) is 30.6 Å². The second-order valence-electron chi connectivity index (χ2n) is 5.18. The molecule has 3 aromatic carbocycles. The van der Waals surface area contributed by atoms with Crippen LogP contribution in [-0.2, 0) is 0 Å². The van der Waals surface area contributed by atoms with Gasteiger partial charge in [-0.1, -0.05) is 60.4 Å². The molecule has 1 heteroatoms. The van der Waals surface area contributed by atoms with E-state index in [9.17, 15) is 0 Å². The van der Waals surface area contributed by atoms with Crippen molar-refractivity contribution in [2.45, 2.75) is 19.3 Å². The lowest BCUT2D eigenvalue weighted by Crippen LogP contribution is -1.84. The Bertz CT molecular complexity index is 767. The van der Waals surface area contributed by atoms with Gasteiger partial charge in [0.25, 0.3) is 0 Å². The van der Waals surface area contributed by atoms with Gasteiger partial charge in [0.05, 0.1) is 0 Å². The summed E-state index contributed by atoms with van der Waals surface area (Å²) in [5.41, 5.74) is 1.16. The Morgan fingerprint density at radius 1 is 0.810 bits per heavy atom. The average molecular weight is 290 g/mol. The molecule has 0 saturated carbocycles. The van der Waals surface area contributed by atoms with E-state index in [1.165, 1.54) is 21.5 Å². The van der Waals surface area contributed by atoms with Crippen LogP contribution >= 0.6 is 12.6 Å². The summed E-state index contributed by atoms with van der Waals surface area (Å²) in [5, 5.41) is 5.02. The third-order valence-corrected chi connectivity index (χ3v) is 4.01. The molecule has 104 valence electrons. The summed E-state index contributed by atoms with van der Waals surface area (Å²) in [6, 6.07) is 19.2. The molecule has 0 bridgehead atoms. The first kappa shape index (κ1) is 14.0. The molecule has 0 aliphatic carbocycles. The highest BCUT2D eigenvalue weighted by molar-refractivity contribution is 7.80. The van der Waals surface area contributed by atoms with Crippen LogP contribution in [0.2, 0.25) is 0 Å². The second-order valence-corrected chi connectivity index (χ2v) is 5.62. The molecule has 0 aliphatic heterocycles. The lowest BCUT2D eigenvalue weighted by Gasteiger charge is -2.06. The summed E-state index contributed by atoms with van der Waals surface area (Å²) >= 11 is 4.24. The minimum atomic E-state index is 0.943. The molecule has 0 atom stereocenters. The maximum absolute atomic E-state index is 4.24. The predicted octanol–water partition coefficient (Wildman–Crippen LogP) is 5.44. The Kier molecular flexibility index (Phi) is 4.48. The Labute approximate surface area is 131 Å². The molecule has 0 unspecified atom stereocenters. The highest BCUT2D eigenvalue weighted by atomic mass is 32.1. The summed E-state index contributed by atoms with van der Waals surface area (Å²) in [6.45, 7) is 0. The summed E-state index contributed by atoms with van der Waals surface area (Å²) in [6.07, 6.45) is 3.20. The molecule has 0 N–H and O–H groups in total. The molecule has 3 rings (SSSR count). The molecule has 3 aromatic rings. The van der Waals surface area contributed by atoms with E-state index < -0.39 is 0 Å². The number of thiol groups is 1. The molecule has 0 nitrogen and oxygen atoms in total. The minimum Gasteiger partial charge on any atom is -0.179 e. The largest absolute Gasteiger partial charge is 0.179 e. The van der Waals surface area contributed by atoms with Gasteiger partial charge in [0.15, 0.2) is 0 Å². The van der Waals surface area contributed by atoms with Gasteiger partial charge < -0.3 is 0 Å². The molecule has 0 heterocycles. The van der Waals surface area contributed by atoms with Crippen molar-refractivity contribution in [3.63, 3.8) is 0 Å². The fourth-order valence-electron chi connectivity index (χ4n) is 2.62. The lowest BCUT2D eigenvalue weighted by atomic mass is 9.97. The quantitative estimate of drug-likeness (QED) is 0.282. The van der Waals surface area contributed by atoms with Crippen LogP contribution in [0.1, 0.15) is 24.8 Å². The Hall–Kier alpha value is -1.91. The minimum absolute atomic E-state index is 0.943. The van der Waals surface area contributed by atoms with Crippen molar-refractivity contribution in [3.05, 3.63) is 60.2 Å². The van der Waals surface area contributed by atoms with Crippen LogP contribution in [0.15, 0.2) is 54.6 Å². The zero-order valence-corrected chi connectivity index (χ0v) is 12.9. The van der Waals surface area contributed by atoms with Crippen molar-refractivity contribution >= 4 is 34.2 Å². The first-order valence-electron chi connectivity index (χ1n) is 7.40. The van der Waals surface area contributed by atoms with E-state index in [1.54, 1.807) is 0 Å². The Morgan fingerprint density at radius 2 is 1.43 bits per heavy atom. The van der Waals surface area contributed by atoms with Crippen LogP contribution in [-0.4, -0.2) is 5.75 Å². The first-order chi connectivity index (χ1) is 10.4. The summed E-state index contributed by atoms with van der Waals surface area (Å²) < 4.78 is 0. The zero-order chi connectivity index (χ0) is 14.5. The van der Waals surface area contributed by atoms with Crippen LogP contribution in [0.5, 0.6) is 0 Å². The SMILES string of the molecule is SCCCCC#Cc1c2ccccc2cc2ccccc12. The van der Waals surface area contributed by atoms with E-state index in [4.69, 9.17) is 0 Å². The summed E-state index contributed by atoms with van der Waals surface area (Å²) in [7, 11) is 0. The van der Waals surface area contributed by atoms with E-state index in [1.807, 2.05) is 0 Å². The van der Waals surface area contributed by atoms with E-state index >= 15 is 0 Å². The number of benzene rings is 3. The molecular weight excluding hydrogens is 272 g/mol. The standard InChI is InChI=1S/C20H18S/c21-14-8-2-1-3-13-20-18-11-6-4-9-16(18)15-17-10-5-7-12-19(17)20/h4-7,9-12,15,21H,1-2,8,14H2. The van der Waals surface area contributed by atoms with Gasteiger partial charge in [0.1, 0.15) is 0 Å². The molecule has 0 spiro atoms. The van der Waals surface area contributed by atoms with Gasteiger partial charge >= 0.3 is 0 Å². The first-order valence-corrected chi connectivity index (χ1v) is 8.03. The molecular formula is C20H18S. The normalized spacial score (nSPS) is 10.5. The average Bonchev–Trinajstić information content (AvgIpc) is 2.53. The fraction of sp³-hybridized carbons (Fsp3) is 0.200. The molecule has 0 radical (unpaired) electrons. The van der Waals surface area contributed by atoms with Gasteiger partial charge in [-0.05, 0) is 46.2 Å². The predicted molar refractivity (Wildman–Crippen MR) is 96.0 cm³/mol. The highest BCUT2D eigenvalue weighted by Gasteiger charge is 2.04. The number of unbranched alkanes of at least 4 members (excludes halogenated alkanes) is 2. The topological polar surface area (TPSA) is 0 Å². The van der Waals surface area contributed by atoms with Crippen molar-refractivity contribution in [2.75, 3.05) is 5.75 Å². The zero-order valence-electron chi connectivity index (χ0n) is 12.0. The highest BCUT2D eigenvalue weighted by Crippen LogP contribution is 2.27. The Balaban J connectivity index is 2.11. The third kappa shape index (κ3) is 3.06. The Morgan fingerprint density at radius 3 is 2.05 bits per heavy atom. The van der Waals surface area contributed by atoms with Crippen LogP contribution < -0.4 is 0 Å². The van der Waals surface area contributed by atoms with Crippen molar-refractivity contribution in [1.29, 1.82) is 0 Å². The van der Waals surface area contributed by atoms with Gasteiger partial charge in [-0.15, -0.1) is 0 Å². The lowest BCUT2D eigenvalue weighted by molar-refractivity contribution is 0.838. The van der Waals surface area contributed by atoms with E-state index in [-0.39, 0.29) is 0 Å². The van der Waals surface area contributed by atoms with Crippen molar-refractivity contribution in [3.8, 4) is 11.8 Å². The van der Waals surface area contributed by atoms with Crippen molar-refractivity contribution < 1.29 is 0 Å². The maximum atomic E-state index is 4.24. The van der Waals surface area contributed by atoms with Crippen LogP contribution in [0.4, 0.5) is 0 Å². The van der Waals surface area contributed by atoms with Gasteiger partial charge in [0.2, 0.25) is 0 Å². The van der Waals surface area contributed by atoms with E-state index in [2.05, 4.69) is 79.1 Å². The van der Waals surface area contributed by atoms with Gasteiger partial charge in [0, 0.05) is 12.0 Å². The van der Waals surface area contributed by atoms with Gasteiger partial charge in [-0.25, -0.2) is 0 Å². The van der Waals surface area contributed by atoms with E-state index in [0.29, 0.717) is 0 Å². The number of hydrogen-bond acceptors (Lipinski definition) is 1. The van der Waals surface area contributed by atoms with Crippen LogP contribution in [0, 0.1) is 11.8 Å². The number of rotatable bonds is 3.